The zero-order chi connectivity index (χ0) is 6.97. The largest absolute Gasteiger partial charge is 0.375 e. The van der Waals surface area contributed by atoms with Crippen molar-refractivity contribution in [2.45, 2.75) is 18.6 Å². The van der Waals surface area contributed by atoms with Crippen molar-refractivity contribution in [3.8, 4) is 0 Å². The maximum atomic E-state index is 5.55. The van der Waals surface area contributed by atoms with E-state index in [0.717, 1.165) is 17.6 Å². The Labute approximate surface area is 74.4 Å². The second-order valence-electron chi connectivity index (χ2n) is 2.91. The molecule has 3 atom stereocenters. The van der Waals surface area contributed by atoms with Crippen molar-refractivity contribution in [1.82, 2.24) is 0 Å². The third-order valence-corrected chi connectivity index (χ3v) is 3.17. The maximum Gasteiger partial charge on any atom is 0.0929 e. The van der Waals surface area contributed by atoms with E-state index in [1.54, 1.807) is 0 Å². The average Bonchev–Trinajstić information content (AvgIpc) is 2.44. The number of alkyl halides is 1. The molecule has 0 aliphatic carbocycles. The molecule has 0 aromatic rings. The molecule has 0 radical (unpaired) electrons. The summed E-state index contributed by atoms with van der Waals surface area (Å²) in [5, 5.41) is 0. The van der Waals surface area contributed by atoms with Crippen LogP contribution in [0.15, 0.2) is 0 Å². The van der Waals surface area contributed by atoms with E-state index < -0.39 is 0 Å². The van der Waals surface area contributed by atoms with Crippen molar-refractivity contribution in [2.75, 3.05) is 17.6 Å². The molecule has 0 amide bonds. The van der Waals surface area contributed by atoms with E-state index >= 15 is 0 Å². The Bertz CT molecular complexity index is 129. The van der Waals surface area contributed by atoms with E-state index in [1.807, 2.05) is 0 Å². The minimum Gasteiger partial charge on any atom is -0.375 e. The maximum absolute atomic E-state index is 5.55. The van der Waals surface area contributed by atoms with Gasteiger partial charge in [-0.15, -0.1) is 0 Å². The van der Waals surface area contributed by atoms with Crippen LogP contribution in [-0.2, 0) is 9.47 Å². The summed E-state index contributed by atoms with van der Waals surface area (Å²) in [6.07, 6.45) is 2.02. The number of rotatable bonds is 1. The number of ether oxygens (including phenoxy) is 2. The molecule has 0 spiro atoms. The summed E-state index contributed by atoms with van der Waals surface area (Å²) in [5.74, 6) is 0.708. The highest BCUT2D eigenvalue weighted by Gasteiger charge is 2.40. The minimum absolute atomic E-state index is 0.382. The van der Waals surface area contributed by atoms with Gasteiger partial charge >= 0.3 is 0 Å². The molecular formula is C7H11IO2. The van der Waals surface area contributed by atoms with E-state index in [-0.39, 0.29) is 0 Å². The smallest absolute Gasteiger partial charge is 0.0929 e. The van der Waals surface area contributed by atoms with Crippen LogP contribution in [0.3, 0.4) is 0 Å². The van der Waals surface area contributed by atoms with Crippen LogP contribution in [0, 0.1) is 5.92 Å². The van der Waals surface area contributed by atoms with Gasteiger partial charge in [-0.25, -0.2) is 0 Å². The Kier molecular flexibility index (Phi) is 2.15. The van der Waals surface area contributed by atoms with Gasteiger partial charge in [-0.3, -0.25) is 0 Å². The summed E-state index contributed by atoms with van der Waals surface area (Å²) in [6.45, 7) is 1.88. The summed E-state index contributed by atoms with van der Waals surface area (Å²) in [4.78, 5) is 0. The monoisotopic (exact) mass is 254 g/mol. The molecule has 58 valence electrons. The molecule has 0 bridgehead atoms. The standard InChI is InChI=1S/C7H11IO2/c8-3-6-7-5(4-10-6)1-2-9-7/h5-7H,1-4H2. The predicted octanol–water partition coefficient (Wildman–Crippen LogP) is 1.23. The Morgan fingerprint density at radius 3 is 3.10 bits per heavy atom. The topological polar surface area (TPSA) is 18.5 Å². The van der Waals surface area contributed by atoms with Crippen molar-refractivity contribution in [3.05, 3.63) is 0 Å². The van der Waals surface area contributed by atoms with Crippen LogP contribution in [0.4, 0.5) is 0 Å². The van der Waals surface area contributed by atoms with E-state index in [4.69, 9.17) is 9.47 Å². The van der Waals surface area contributed by atoms with Crippen molar-refractivity contribution >= 4 is 22.6 Å². The van der Waals surface area contributed by atoms with Crippen LogP contribution < -0.4 is 0 Å². The first-order chi connectivity index (χ1) is 4.92. The van der Waals surface area contributed by atoms with E-state index in [1.165, 1.54) is 6.42 Å². The molecule has 3 unspecified atom stereocenters. The molecule has 2 heterocycles. The van der Waals surface area contributed by atoms with Crippen LogP contribution in [0.25, 0.3) is 0 Å². The van der Waals surface area contributed by atoms with Gasteiger partial charge in [0.25, 0.3) is 0 Å². The van der Waals surface area contributed by atoms with Crippen molar-refractivity contribution in [2.24, 2.45) is 5.92 Å². The summed E-state index contributed by atoms with van der Waals surface area (Å²) in [7, 11) is 0. The lowest BCUT2D eigenvalue weighted by Gasteiger charge is -2.12. The Hall–Kier alpha value is 0.650. The van der Waals surface area contributed by atoms with Gasteiger partial charge in [-0.2, -0.15) is 0 Å². The molecule has 2 aliphatic rings. The van der Waals surface area contributed by atoms with Crippen LogP contribution in [0.5, 0.6) is 0 Å². The minimum atomic E-state index is 0.382. The molecule has 3 heteroatoms. The van der Waals surface area contributed by atoms with Gasteiger partial charge in [0.2, 0.25) is 0 Å². The first-order valence-corrected chi connectivity index (χ1v) is 5.23. The highest BCUT2D eigenvalue weighted by Crippen LogP contribution is 2.32. The normalized spacial score (nSPS) is 45.9. The fourth-order valence-corrected chi connectivity index (χ4v) is 2.47. The van der Waals surface area contributed by atoms with E-state index in [0.29, 0.717) is 18.1 Å². The summed E-state index contributed by atoms with van der Waals surface area (Å²) in [6, 6.07) is 0. The fourth-order valence-electron chi connectivity index (χ4n) is 1.72. The molecule has 0 N–H and O–H groups in total. The number of hydrogen-bond acceptors (Lipinski definition) is 2. The predicted molar refractivity (Wildman–Crippen MR) is 46.5 cm³/mol. The lowest BCUT2D eigenvalue weighted by molar-refractivity contribution is 0.0223. The first-order valence-electron chi connectivity index (χ1n) is 3.71. The van der Waals surface area contributed by atoms with Crippen molar-refractivity contribution in [3.63, 3.8) is 0 Å². The Morgan fingerprint density at radius 1 is 1.40 bits per heavy atom. The summed E-state index contributed by atoms with van der Waals surface area (Å²) in [5.41, 5.74) is 0. The average molecular weight is 254 g/mol. The SMILES string of the molecule is ICC1OCC2CCOC21. The van der Waals surface area contributed by atoms with E-state index in [2.05, 4.69) is 22.6 Å². The van der Waals surface area contributed by atoms with Gasteiger partial charge in [-0.1, -0.05) is 22.6 Å². The zero-order valence-electron chi connectivity index (χ0n) is 5.75. The molecule has 0 aromatic heterocycles. The lowest BCUT2D eigenvalue weighted by Crippen LogP contribution is -2.25. The van der Waals surface area contributed by atoms with Crippen LogP contribution in [-0.4, -0.2) is 29.8 Å². The third-order valence-electron chi connectivity index (χ3n) is 2.31. The van der Waals surface area contributed by atoms with Crippen LogP contribution in [0.1, 0.15) is 6.42 Å². The quantitative estimate of drug-likeness (QED) is 0.517. The highest BCUT2D eigenvalue weighted by molar-refractivity contribution is 14.1. The van der Waals surface area contributed by atoms with E-state index in [9.17, 15) is 0 Å². The zero-order valence-corrected chi connectivity index (χ0v) is 7.91. The van der Waals surface area contributed by atoms with Crippen molar-refractivity contribution < 1.29 is 9.47 Å². The fraction of sp³-hybridized carbons (Fsp3) is 1.00. The second-order valence-corrected chi connectivity index (χ2v) is 3.79. The summed E-state index contributed by atoms with van der Waals surface area (Å²) < 4.78 is 12.2. The Morgan fingerprint density at radius 2 is 2.30 bits per heavy atom. The molecule has 0 aromatic carbocycles. The molecule has 0 saturated carbocycles. The van der Waals surface area contributed by atoms with Crippen LogP contribution in [0.2, 0.25) is 0 Å². The third kappa shape index (κ3) is 1.08. The van der Waals surface area contributed by atoms with Crippen LogP contribution >= 0.6 is 22.6 Å². The summed E-state index contributed by atoms with van der Waals surface area (Å²) >= 11 is 2.36. The number of halogens is 1. The van der Waals surface area contributed by atoms with Gasteiger partial charge in [0.15, 0.2) is 0 Å². The molecule has 2 aliphatic heterocycles. The number of hydrogen-bond donors (Lipinski definition) is 0. The second kappa shape index (κ2) is 2.95. The Balaban J connectivity index is 2.01. The first kappa shape index (κ1) is 7.31. The van der Waals surface area contributed by atoms with Crippen molar-refractivity contribution in [1.29, 1.82) is 0 Å². The molecule has 2 rings (SSSR count). The molecule has 2 saturated heterocycles. The molecule has 2 nitrogen and oxygen atoms in total. The highest BCUT2D eigenvalue weighted by atomic mass is 127. The van der Waals surface area contributed by atoms with Gasteiger partial charge < -0.3 is 9.47 Å². The molecular weight excluding hydrogens is 243 g/mol. The van der Waals surface area contributed by atoms with Gasteiger partial charge in [0, 0.05) is 17.0 Å². The molecule has 10 heavy (non-hydrogen) atoms. The van der Waals surface area contributed by atoms with Gasteiger partial charge in [-0.05, 0) is 6.42 Å². The van der Waals surface area contributed by atoms with Gasteiger partial charge in [0.1, 0.15) is 0 Å². The van der Waals surface area contributed by atoms with Gasteiger partial charge in [0.05, 0.1) is 18.8 Å². The lowest BCUT2D eigenvalue weighted by atomic mass is 10.0. The number of fused-ring (bicyclic) bond motifs is 1. The molecule has 2 fully saturated rings.